The fourth-order valence-corrected chi connectivity index (χ4v) is 3.58. The minimum absolute atomic E-state index is 0.167. The maximum absolute atomic E-state index is 14.2. The minimum Gasteiger partial charge on any atom is -0.313 e. The van der Waals surface area contributed by atoms with Gasteiger partial charge in [0.05, 0.1) is 17.5 Å². The number of imidazole rings is 1. The van der Waals surface area contributed by atoms with Crippen molar-refractivity contribution >= 4 is 5.65 Å². The lowest BCUT2D eigenvalue weighted by molar-refractivity contribution is 0.549. The predicted octanol–water partition coefficient (Wildman–Crippen LogP) is 2.18. The minimum atomic E-state index is -0.606. The van der Waals surface area contributed by atoms with Crippen LogP contribution in [-0.4, -0.2) is 24.6 Å². The zero-order valence-electron chi connectivity index (χ0n) is 14.0. The van der Waals surface area contributed by atoms with Crippen LogP contribution < -0.4 is 11.2 Å². The predicted molar refractivity (Wildman–Crippen MR) is 96.2 cm³/mol. The lowest BCUT2D eigenvalue weighted by atomic mass is 10.0. The summed E-state index contributed by atoms with van der Waals surface area (Å²) in [6.45, 7) is 0. The first-order chi connectivity index (χ1) is 13.1. The fraction of sp³-hybridized carbons (Fsp3) is 0.158. The summed E-state index contributed by atoms with van der Waals surface area (Å²) in [6, 6.07) is 11.9. The highest BCUT2D eigenvalue weighted by Crippen LogP contribution is 2.55. The van der Waals surface area contributed by atoms with Gasteiger partial charge in [-0.1, -0.05) is 30.3 Å². The van der Waals surface area contributed by atoms with Crippen LogP contribution in [0.2, 0.25) is 0 Å². The summed E-state index contributed by atoms with van der Waals surface area (Å²) < 4.78 is 15.3. The summed E-state index contributed by atoms with van der Waals surface area (Å²) in [5.41, 5.74) is 1.77. The van der Waals surface area contributed by atoms with Crippen LogP contribution in [0.15, 0.2) is 58.4 Å². The lowest BCUT2D eigenvalue weighted by Crippen LogP contribution is -2.23. The number of H-pyrrole nitrogens is 2. The highest BCUT2D eigenvalue weighted by atomic mass is 19.1. The quantitative estimate of drug-likeness (QED) is 0.583. The maximum Gasteiger partial charge on any atom is 0.325 e. The Kier molecular flexibility index (Phi) is 3.33. The average molecular weight is 363 g/mol. The van der Waals surface area contributed by atoms with Gasteiger partial charge in [-0.25, -0.2) is 9.78 Å². The second kappa shape index (κ2) is 5.73. The molecule has 8 heteroatoms. The van der Waals surface area contributed by atoms with Crippen LogP contribution in [0.3, 0.4) is 0 Å². The van der Waals surface area contributed by atoms with Gasteiger partial charge in [-0.3, -0.25) is 9.78 Å². The van der Waals surface area contributed by atoms with Gasteiger partial charge in [-0.05, 0) is 29.9 Å². The molecule has 0 unspecified atom stereocenters. The fourth-order valence-electron chi connectivity index (χ4n) is 3.58. The Balaban J connectivity index is 1.66. The van der Waals surface area contributed by atoms with E-state index in [0.29, 0.717) is 11.6 Å². The molecule has 5 rings (SSSR count). The summed E-state index contributed by atoms with van der Waals surface area (Å²) in [7, 11) is 0. The van der Waals surface area contributed by atoms with Crippen molar-refractivity contribution in [3.8, 4) is 11.3 Å². The van der Waals surface area contributed by atoms with Crippen LogP contribution in [0.5, 0.6) is 0 Å². The number of nitrogens with zero attached hydrogens (tertiary/aromatic N) is 3. The topological polar surface area (TPSA) is 95.9 Å². The van der Waals surface area contributed by atoms with Crippen molar-refractivity contribution in [2.45, 2.75) is 18.3 Å². The third kappa shape index (κ3) is 2.57. The number of aromatic nitrogens is 5. The number of fused-ring (bicyclic) bond motifs is 1. The summed E-state index contributed by atoms with van der Waals surface area (Å²) in [4.78, 5) is 32.2. The Bertz CT molecular complexity index is 1270. The molecule has 1 aliphatic carbocycles. The zero-order chi connectivity index (χ0) is 18.5. The molecule has 4 aromatic rings. The molecule has 0 aliphatic heterocycles. The van der Waals surface area contributed by atoms with Crippen molar-refractivity contribution in [2.75, 3.05) is 0 Å². The largest absolute Gasteiger partial charge is 0.325 e. The highest BCUT2D eigenvalue weighted by molar-refractivity contribution is 5.63. The molecule has 7 nitrogen and oxygen atoms in total. The first kappa shape index (κ1) is 15.7. The van der Waals surface area contributed by atoms with Gasteiger partial charge in [-0.2, -0.15) is 14.0 Å². The van der Waals surface area contributed by atoms with E-state index in [2.05, 4.69) is 32.2 Å². The highest BCUT2D eigenvalue weighted by Gasteiger charge is 2.41. The number of hydrogen-bond acceptors (Lipinski definition) is 4. The summed E-state index contributed by atoms with van der Waals surface area (Å²) >= 11 is 0. The molecule has 3 aromatic heterocycles. The summed E-state index contributed by atoms with van der Waals surface area (Å²) in [6.07, 6.45) is 3.32. The Morgan fingerprint density at radius 2 is 1.96 bits per heavy atom. The zero-order valence-corrected chi connectivity index (χ0v) is 14.0. The molecular formula is C19H14FN5O2. The summed E-state index contributed by atoms with van der Waals surface area (Å²) in [5, 5.41) is 4.20. The van der Waals surface area contributed by atoms with E-state index in [9.17, 15) is 14.0 Å². The van der Waals surface area contributed by atoms with Crippen molar-refractivity contribution in [1.82, 2.24) is 24.6 Å². The molecule has 3 heterocycles. The van der Waals surface area contributed by atoms with E-state index in [1.165, 1.54) is 11.8 Å². The number of benzene rings is 1. The van der Waals surface area contributed by atoms with Gasteiger partial charge in [0.15, 0.2) is 5.65 Å². The van der Waals surface area contributed by atoms with E-state index in [1.54, 1.807) is 6.07 Å². The van der Waals surface area contributed by atoms with Crippen LogP contribution in [0.1, 0.15) is 29.4 Å². The summed E-state index contributed by atoms with van der Waals surface area (Å²) in [5.74, 6) is -0.120. The molecule has 0 bridgehead atoms. The number of halogens is 1. The molecule has 1 aromatic carbocycles. The molecule has 2 atom stereocenters. The Morgan fingerprint density at radius 1 is 1.15 bits per heavy atom. The third-order valence-electron chi connectivity index (χ3n) is 4.97. The first-order valence-electron chi connectivity index (χ1n) is 8.53. The molecule has 134 valence electrons. The van der Waals surface area contributed by atoms with E-state index in [-0.39, 0.29) is 17.2 Å². The van der Waals surface area contributed by atoms with Crippen LogP contribution in [-0.2, 0) is 0 Å². The van der Waals surface area contributed by atoms with Gasteiger partial charge in [-0.15, -0.1) is 0 Å². The van der Waals surface area contributed by atoms with Crippen molar-refractivity contribution in [3.05, 3.63) is 86.7 Å². The van der Waals surface area contributed by atoms with Gasteiger partial charge in [0, 0.05) is 11.8 Å². The molecule has 27 heavy (non-hydrogen) atoms. The first-order valence-corrected chi connectivity index (χ1v) is 8.53. The SMILES string of the molecule is O=c1[nH]cc(-c2cc([C@@H]3C[C@H]3c3ccccc3)c3ncc(F)n3n2)c(=O)[nH]1. The molecule has 0 saturated heterocycles. The van der Waals surface area contributed by atoms with Crippen molar-refractivity contribution in [3.63, 3.8) is 0 Å². The van der Waals surface area contributed by atoms with Crippen molar-refractivity contribution in [1.29, 1.82) is 0 Å². The Hall–Kier alpha value is -3.55. The molecule has 1 saturated carbocycles. The molecular weight excluding hydrogens is 349 g/mol. The molecule has 0 radical (unpaired) electrons. The molecule has 0 spiro atoms. The standard InChI is InChI=1S/C19H14FN5O2/c20-16-9-21-17-13(12-6-11(12)10-4-2-1-3-5-10)7-15(24-25(16)17)14-8-22-19(27)23-18(14)26/h1-5,7-9,11-12H,6H2,(H2,22,23,26,27)/t11-,12+/m0/s1. The van der Waals surface area contributed by atoms with Gasteiger partial charge in [0.2, 0.25) is 5.95 Å². The second-order valence-corrected chi connectivity index (χ2v) is 6.65. The van der Waals surface area contributed by atoms with E-state index in [1.807, 2.05) is 18.2 Å². The van der Waals surface area contributed by atoms with E-state index in [4.69, 9.17) is 0 Å². The van der Waals surface area contributed by atoms with Crippen molar-refractivity contribution in [2.24, 2.45) is 0 Å². The Labute approximate surface area is 151 Å². The normalized spacial score (nSPS) is 18.7. The maximum atomic E-state index is 14.2. The van der Waals surface area contributed by atoms with E-state index < -0.39 is 17.2 Å². The van der Waals surface area contributed by atoms with Crippen LogP contribution in [0, 0.1) is 5.95 Å². The number of nitrogens with one attached hydrogen (secondary N) is 2. The van der Waals surface area contributed by atoms with Crippen molar-refractivity contribution < 1.29 is 4.39 Å². The van der Waals surface area contributed by atoms with Gasteiger partial charge >= 0.3 is 5.69 Å². The smallest absolute Gasteiger partial charge is 0.313 e. The van der Waals surface area contributed by atoms with Crippen LogP contribution in [0.25, 0.3) is 16.9 Å². The van der Waals surface area contributed by atoms with Crippen LogP contribution in [0.4, 0.5) is 4.39 Å². The van der Waals surface area contributed by atoms with E-state index in [0.717, 1.165) is 22.7 Å². The van der Waals surface area contributed by atoms with Gasteiger partial charge < -0.3 is 4.98 Å². The molecule has 1 fully saturated rings. The number of hydrogen-bond donors (Lipinski definition) is 2. The lowest BCUT2D eigenvalue weighted by Gasteiger charge is -2.07. The molecule has 1 aliphatic rings. The molecule has 0 amide bonds. The second-order valence-electron chi connectivity index (χ2n) is 6.65. The third-order valence-corrected chi connectivity index (χ3v) is 4.97. The Morgan fingerprint density at radius 3 is 2.74 bits per heavy atom. The number of aromatic amines is 2. The van der Waals surface area contributed by atoms with E-state index >= 15 is 0 Å². The number of rotatable bonds is 3. The monoisotopic (exact) mass is 363 g/mol. The molecule has 2 N–H and O–H groups in total. The van der Waals surface area contributed by atoms with Crippen LogP contribution >= 0.6 is 0 Å². The van der Waals surface area contributed by atoms with Gasteiger partial charge in [0.25, 0.3) is 5.56 Å². The van der Waals surface area contributed by atoms with Gasteiger partial charge in [0.1, 0.15) is 0 Å². The average Bonchev–Trinajstić information content (AvgIpc) is 3.39.